The lowest BCUT2D eigenvalue weighted by atomic mass is 10.0. The van der Waals surface area contributed by atoms with Gasteiger partial charge in [0.15, 0.2) is 0 Å². The number of amides is 2. The molecule has 0 radical (unpaired) electrons. The molecule has 1 N–H and O–H groups in total. The zero-order valence-electron chi connectivity index (χ0n) is 13.4. The van der Waals surface area contributed by atoms with Crippen molar-refractivity contribution < 1.29 is 9.59 Å². The summed E-state index contributed by atoms with van der Waals surface area (Å²) in [5, 5.41) is 1.61. The van der Waals surface area contributed by atoms with Crippen molar-refractivity contribution in [2.45, 2.75) is 31.7 Å². The minimum absolute atomic E-state index is 0.0218. The Kier molecular flexibility index (Phi) is 3.96. The molecule has 6 heteroatoms. The lowest BCUT2D eigenvalue weighted by molar-refractivity contribution is -0.130. The molecule has 0 atom stereocenters. The van der Waals surface area contributed by atoms with Crippen LogP contribution in [-0.4, -0.2) is 52.3 Å². The molecule has 2 aromatic rings. The molecule has 0 bridgehead atoms. The van der Waals surface area contributed by atoms with E-state index in [1.54, 1.807) is 0 Å². The molecule has 1 aromatic carbocycles. The first-order valence-electron chi connectivity index (χ1n) is 8.49. The molecule has 0 unspecified atom stereocenters. The Hall–Kier alpha value is -2.01. The number of H-pyrrole nitrogens is 1. The number of piperidine rings is 1. The molecule has 0 spiro atoms. The number of carbonyl (C=O) groups is 2. The van der Waals surface area contributed by atoms with E-state index in [1.165, 1.54) is 0 Å². The summed E-state index contributed by atoms with van der Waals surface area (Å²) in [6, 6.07) is 7.72. The van der Waals surface area contributed by atoms with Crippen molar-refractivity contribution in [3.05, 3.63) is 35.0 Å². The van der Waals surface area contributed by atoms with Crippen LogP contribution in [-0.2, 0) is 4.79 Å². The van der Waals surface area contributed by atoms with Crippen LogP contribution in [0.15, 0.2) is 24.3 Å². The van der Waals surface area contributed by atoms with Crippen molar-refractivity contribution in [3.8, 4) is 0 Å². The number of halogens is 1. The number of fused-ring (bicyclic) bond motifs is 1. The number of hydrogen-bond donors (Lipinski definition) is 1. The fraction of sp³-hybridized carbons (Fsp3) is 0.444. The second-order valence-electron chi connectivity index (χ2n) is 6.63. The average Bonchev–Trinajstić information content (AvgIpc) is 3.20. The smallest absolute Gasteiger partial charge is 0.270 e. The van der Waals surface area contributed by atoms with Gasteiger partial charge < -0.3 is 14.8 Å². The summed E-state index contributed by atoms with van der Waals surface area (Å²) in [4.78, 5) is 31.7. The lowest BCUT2D eigenvalue weighted by Crippen LogP contribution is -2.47. The Balaban J connectivity index is 1.44. The Bertz CT molecular complexity index is 793. The van der Waals surface area contributed by atoms with Crippen LogP contribution >= 0.6 is 11.6 Å². The van der Waals surface area contributed by atoms with Gasteiger partial charge in [0.2, 0.25) is 5.91 Å². The van der Waals surface area contributed by atoms with Crippen molar-refractivity contribution in [1.29, 1.82) is 0 Å². The van der Waals surface area contributed by atoms with E-state index in [9.17, 15) is 9.59 Å². The predicted molar refractivity (Wildman–Crippen MR) is 93.2 cm³/mol. The standard InChI is InChI=1S/C18H20ClN3O2/c19-13-3-4-15-12(10-13)11-16(20-15)18(24)21-8-5-14(6-9-21)22-7-1-2-17(22)23/h3-4,10-11,14,20H,1-2,5-9H2. The molecule has 4 rings (SSSR count). The maximum Gasteiger partial charge on any atom is 0.270 e. The molecular formula is C18H20ClN3O2. The Morgan fingerprint density at radius 2 is 1.96 bits per heavy atom. The monoisotopic (exact) mass is 345 g/mol. The fourth-order valence-corrected chi connectivity index (χ4v) is 4.01. The third-order valence-corrected chi connectivity index (χ3v) is 5.35. The second-order valence-corrected chi connectivity index (χ2v) is 7.07. The Labute approximate surface area is 145 Å². The van der Waals surface area contributed by atoms with Crippen LogP contribution in [0.4, 0.5) is 0 Å². The van der Waals surface area contributed by atoms with Crippen LogP contribution in [0.25, 0.3) is 10.9 Å². The summed E-state index contributed by atoms with van der Waals surface area (Å²) in [6.07, 6.45) is 3.37. The van der Waals surface area contributed by atoms with E-state index in [-0.39, 0.29) is 11.8 Å². The van der Waals surface area contributed by atoms with E-state index in [0.717, 1.165) is 36.7 Å². The number of rotatable bonds is 2. The lowest BCUT2D eigenvalue weighted by Gasteiger charge is -2.36. The van der Waals surface area contributed by atoms with Gasteiger partial charge in [0.05, 0.1) is 0 Å². The molecule has 2 fully saturated rings. The number of nitrogens with zero attached hydrogens (tertiary/aromatic N) is 2. The number of carbonyl (C=O) groups excluding carboxylic acids is 2. The highest BCUT2D eigenvalue weighted by atomic mass is 35.5. The highest BCUT2D eigenvalue weighted by Crippen LogP contribution is 2.24. The van der Waals surface area contributed by atoms with Gasteiger partial charge in [0.25, 0.3) is 5.91 Å². The van der Waals surface area contributed by atoms with E-state index >= 15 is 0 Å². The van der Waals surface area contributed by atoms with Crippen LogP contribution in [0.2, 0.25) is 5.02 Å². The van der Waals surface area contributed by atoms with E-state index < -0.39 is 0 Å². The van der Waals surface area contributed by atoms with Gasteiger partial charge in [0, 0.05) is 48.0 Å². The van der Waals surface area contributed by atoms with E-state index in [4.69, 9.17) is 11.6 Å². The quantitative estimate of drug-likeness (QED) is 0.909. The second kappa shape index (κ2) is 6.13. The van der Waals surface area contributed by atoms with E-state index in [1.807, 2.05) is 34.1 Å². The van der Waals surface area contributed by atoms with Crippen molar-refractivity contribution in [2.75, 3.05) is 19.6 Å². The number of aromatic amines is 1. The summed E-state index contributed by atoms with van der Waals surface area (Å²) in [6.45, 7) is 2.27. The minimum atomic E-state index is 0.0218. The van der Waals surface area contributed by atoms with Crippen molar-refractivity contribution in [1.82, 2.24) is 14.8 Å². The third kappa shape index (κ3) is 2.77. The molecule has 2 saturated heterocycles. The molecule has 0 aliphatic carbocycles. The Morgan fingerprint density at radius 3 is 2.67 bits per heavy atom. The SMILES string of the molecule is O=C(c1cc2cc(Cl)ccc2[nH]1)N1CCC(N2CCCC2=O)CC1. The normalized spacial score (nSPS) is 19.5. The average molecular weight is 346 g/mol. The summed E-state index contributed by atoms with van der Waals surface area (Å²) in [7, 11) is 0. The summed E-state index contributed by atoms with van der Waals surface area (Å²) < 4.78 is 0. The third-order valence-electron chi connectivity index (χ3n) is 5.12. The molecular weight excluding hydrogens is 326 g/mol. The number of hydrogen-bond acceptors (Lipinski definition) is 2. The van der Waals surface area contributed by atoms with Gasteiger partial charge in [0.1, 0.15) is 5.69 Å². The molecule has 1 aromatic heterocycles. The van der Waals surface area contributed by atoms with Gasteiger partial charge in [-0.1, -0.05) is 11.6 Å². The van der Waals surface area contributed by atoms with Crippen molar-refractivity contribution in [2.24, 2.45) is 0 Å². The molecule has 0 saturated carbocycles. The number of benzene rings is 1. The van der Waals surface area contributed by atoms with Gasteiger partial charge in [-0.05, 0) is 43.5 Å². The summed E-state index contributed by atoms with van der Waals surface area (Å²) in [5.41, 5.74) is 1.52. The molecule has 3 heterocycles. The Morgan fingerprint density at radius 1 is 1.17 bits per heavy atom. The number of aromatic nitrogens is 1. The van der Waals surface area contributed by atoms with Gasteiger partial charge in [-0.2, -0.15) is 0 Å². The zero-order chi connectivity index (χ0) is 16.7. The highest BCUT2D eigenvalue weighted by molar-refractivity contribution is 6.31. The van der Waals surface area contributed by atoms with Crippen LogP contribution < -0.4 is 0 Å². The number of likely N-dealkylation sites (tertiary alicyclic amines) is 2. The number of nitrogens with one attached hydrogen (secondary N) is 1. The molecule has 2 aliphatic rings. The first kappa shape index (κ1) is 15.5. The fourth-order valence-electron chi connectivity index (χ4n) is 3.82. The first-order chi connectivity index (χ1) is 11.6. The van der Waals surface area contributed by atoms with Crippen LogP contribution in [0, 0.1) is 0 Å². The minimum Gasteiger partial charge on any atom is -0.351 e. The maximum absolute atomic E-state index is 12.7. The van der Waals surface area contributed by atoms with E-state index in [0.29, 0.717) is 36.3 Å². The van der Waals surface area contributed by atoms with Gasteiger partial charge in [-0.25, -0.2) is 0 Å². The largest absolute Gasteiger partial charge is 0.351 e. The summed E-state index contributed by atoms with van der Waals surface area (Å²) >= 11 is 6.00. The van der Waals surface area contributed by atoms with Gasteiger partial charge in [-0.3, -0.25) is 9.59 Å². The van der Waals surface area contributed by atoms with Crippen molar-refractivity contribution in [3.63, 3.8) is 0 Å². The van der Waals surface area contributed by atoms with Crippen LogP contribution in [0.3, 0.4) is 0 Å². The molecule has 2 aliphatic heterocycles. The first-order valence-corrected chi connectivity index (χ1v) is 8.86. The molecule has 24 heavy (non-hydrogen) atoms. The molecule has 5 nitrogen and oxygen atoms in total. The van der Waals surface area contributed by atoms with E-state index in [2.05, 4.69) is 4.98 Å². The van der Waals surface area contributed by atoms with Crippen LogP contribution in [0.5, 0.6) is 0 Å². The topological polar surface area (TPSA) is 56.4 Å². The summed E-state index contributed by atoms with van der Waals surface area (Å²) in [5.74, 6) is 0.292. The molecule has 2 amide bonds. The van der Waals surface area contributed by atoms with Crippen LogP contribution in [0.1, 0.15) is 36.2 Å². The van der Waals surface area contributed by atoms with Gasteiger partial charge >= 0.3 is 0 Å². The van der Waals surface area contributed by atoms with Crippen molar-refractivity contribution >= 4 is 34.3 Å². The van der Waals surface area contributed by atoms with Gasteiger partial charge in [-0.15, -0.1) is 0 Å². The molecule has 126 valence electrons. The zero-order valence-corrected chi connectivity index (χ0v) is 14.2. The maximum atomic E-state index is 12.7. The highest BCUT2D eigenvalue weighted by Gasteiger charge is 2.32. The predicted octanol–water partition coefficient (Wildman–Crippen LogP) is 3.05.